The SMILES string of the molecule is CC[C@H](NC(=O)CNCc1ccccc1)C(N)=O. The van der Waals surface area contributed by atoms with Crippen LogP contribution in [0.1, 0.15) is 18.9 Å². The molecule has 0 aromatic heterocycles. The second-order valence-electron chi connectivity index (χ2n) is 4.02. The lowest BCUT2D eigenvalue weighted by atomic mass is 10.2. The van der Waals surface area contributed by atoms with Gasteiger partial charge in [0.1, 0.15) is 6.04 Å². The lowest BCUT2D eigenvalue weighted by Crippen LogP contribution is -2.46. The molecule has 0 aliphatic rings. The van der Waals surface area contributed by atoms with Crippen molar-refractivity contribution in [3.63, 3.8) is 0 Å². The molecule has 0 bridgehead atoms. The van der Waals surface area contributed by atoms with Crippen molar-refractivity contribution in [1.29, 1.82) is 0 Å². The molecule has 0 saturated heterocycles. The molecule has 4 N–H and O–H groups in total. The van der Waals surface area contributed by atoms with Crippen LogP contribution in [0.15, 0.2) is 30.3 Å². The van der Waals surface area contributed by atoms with Crippen LogP contribution in [-0.2, 0) is 16.1 Å². The van der Waals surface area contributed by atoms with Crippen LogP contribution in [-0.4, -0.2) is 24.4 Å². The van der Waals surface area contributed by atoms with E-state index in [0.717, 1.165) is 5.56 Å². The summed E-state index contributed by atoms with van der Waals surface area (Å²) in [6.07, 6.45) is 0.500. The van der Waals surface area contributed by atoms with Gasteiger partial charge >= 0.3 is 0 Å². The number of rotatable bonds is 7. The second kappa shape index (κ2) is 7.45. The molecule has 18 heavy (non-hydrogen) atoms. The maximum Gasteiger partial charge on any atom is 0.239 e. The fourth-order valence-electron chi connectivity index (χ4n) is 1.54. The van der Waals surface area contributed by atoms with E-state index in [1.165, 1.54) is 0 Å². The van der Waals surface area contributed by atoms with Gasteiger partial charge in [-0.2, -0.15) is 0 Å². The number of amides is 2. The molecule has 1 aromatic rings. The molecule has 0 unspecified atom stereocenters. The number of primary amides is 1. The third kappa shape index (κ3) is 4.97. The van der Waals surface area contributed by atoms with Gasteiger partial charge in [0.2, 0.25) is 11.8 Å². The summed E-state index contributed by atoms with van der Waals surface area (Å²) in [6, 6.07) is 9.19. The number of benzene rings is 1. The highest BCUT2D eigenvalue weighted by Gasteiger charge is 2.14. The van der Waals surface area contributed by atoms with E-state index >= 15 is 0 Å². The van der Waals surface area contributed by atoms with Crippen molar-refractivity contribution in [1.82, 2.24) is 10.6 Å². The van der Waals surface area contributed by atoms with Crippen LogP contribution < -0.4 is 16.4 Å². The predicted molar refractivity (Wildman–Crippen MR) is 69.6 cm³/mol. The van der Waals surface area contributed by atoms with Crippen molar-refractivity contribution < 1.29 is 9.59 Å². The third-order valence-electron chi connectivity index (χ3n) is 2.54. The van der Waals surface area contributed by atoms with Crippen LogP contribution in [0, 0.1) is 0 Å². The molecule has 0 spiro atoms. The second-order valence-corrected chi connectivity index (χ2v) is 4.02. The summed E-state index contributed by atoms with van der Waals surface area (Å²) in [6.45, 7) is 2.58. The number of hydrogen-bond acceptors (Lipinski definition) is 3. The Morgan fingerprint density at radius 1 is 1.28 bits per heavy atom. The highest BCUT2D eigenvalue weighted by molar-refractivity contribution is 5.87. The zero-order chi connectivity index (χ0) is 13.4. The average molecular weight is 249 g/mol. The minimum Gasteiger partial charge on any atom is -0.368 e. The first kappa shape index (κ1) is 14.2. The van der Waals surface area contributed by atoms with E-state index in [0.29, 0.717) is 13.0 Å². The summed E-state index contributed by atoms with van der Waals surface area (Å²) >= 11 is 0. The molecule has 2 amide bonds. The maximum atomic E-state index is 11.5. The Bertz CT molecular complexity index is 392. The number of carbonyl (C=O) groups is 2. The van der Waals surface area contributed by atoms with Crippen molar-refractivity contribution >= 4 is 11.8 Å². The normalized spacial score (nSPS) is 11.8. The summed E-state index contributed by atoms with van der Waals surface area (Å²) < 4.78 is 0. The van der Waals surface area contributed by atoms with Gasteiger partial charge in [-0.15, -0.1) is 0 Å². The largest absolute Gasteiger partial charge is 0.368 e. The maximum absolute atomic E-state index is 11.5. The topological polar surface area (TPSA) is 84.2 Å². The molecule has 0 radical (unpaired) electrons. The summed E-state index contributed by atoms with van der Waals surface area (Å²) in [5.41, 5.74) is 6.25. The Hall–Kier alpha value is -1.88. The van der Waals surface area contributed by atoms with E-state index in [4.69, 9.17) is 5.73 Å². The van der Waals surface area contributed by atoms with Crippen LogP contribution >= 0.6 is 0 Å². The minimum atomic E-state index is -0.587. The lowest BCUT2D eigenvalue weighted by Gasteiger charge is -2.13. The zero-order valence-electron chi connectivity index (χ0n) is 10.5. The standard InChI is InChI=1S/C13H19N3O2/c1-2-11(13(14)18)16-12(17)9-15-8-10-6-4-3-5-7-10/h3-7,11,15H,2,8-9H2,1H3,(H2,14,18)(H,16,17)/t11-/m0/s1. The first-order valence-corrected chi connectivity index (χ1v) is 5.96. The number of nitrogens with one attached hydrogen (secondary N) is 2. The van der Waals surface area contributed by atoms with Gasteiger partial charge in [0.05, 0.1) is 6.54 Å². The number of carbonyl (C=O) groups excluding carboxylic acids is 2. The molecule has 1 atom stereocenters. The van der Waals surface area contributed by atoms with Gasteiger partial charge in [0.25, 0.3) is 0 Å². The van der Waals surface area contributed by atoms with Gasteiger partial charge in [-0.25, -0.2) is 0 Å². The van der Waals surface area contributed by atoms with E-state index < -0.39 is 11.9 Å². The summed E-state index contributed by atoms with van der Waals surface area (Å²) in [5.74, 6) is -0.731. The van der Waals surface area contributed by atoms with Crippen molar-refractivity contribution in [2.75, 3.05) is 6.54 Å². The van der Waals surface area contributed by atoms with E-state index in [1.807, 2.05) is 30.3 Å². The van der Waals surface area contributed by atoms with Gasteiger partial charge in [-0.1, -0.05) is 37.3 Å². The first-order chi connectivity index (χ1) is 8.63. The van der Waals surface area contributed by atoms with E-state index in [2.05, 4.69) is 10.6 Å². The van der Waals surface area contributed by atoms with E-state index in [9.17, 15) is 9.59 Å². The third-order valence-corrected chi connectivity index (χ3v) is 2.54. The Labute approximate surface area is 107 Å². The van der Waals surface area contributed by atoms with Crippen molar-refractivity contribution in [3.8, 4) is 0 Å². The Kier molecular flexibility index (Phi) is 5.87. The van der Waals surface area contributed by atoms with Crippen molar-refractivity contribution in [3.05, 3.63) is 35.9 Å². The molecule has 5 heteroatoms. The highest BCUT2D eigenvalue weighted by atomic mass is 16.2. The van der Waals surface area contributed by atoms with Crippen molar-refractivity contribution in [2.24, 2.45) is 5.73 Å². The number of hydrogen-bond donors (Lipinski definition) is 3. The molecule has 1 aromatic carbocycles. The Morgan fingerprint density at radius 3 is 2.50 bits per heavy atom. The first-order valence-electron chi connectivity index (χ1n) is 5.96. The fourth-order valence-corrected chi connectivity index (χ4v) is 1.54. The van der Waals surface area contributed by atoms with Crippen molar-refractivity contribution in [2.45, 2.75) is 25.9 Å². The molecule has 0 aliphatic carbocycles. The fraction of sp³-hybridized carbons (Fsp3) is 0.385. The predicted octanol–water partition coefficient (Wildman–Crippen LogP) is 0.156. The smallest absolute Gasteiger partial charge is 0.239 e. The molecule has 5 nitrogen and oxygen atoms in total. The van der Waals surface area contributed by atoms with E-state index in [-0.39, 0.29) is 12.5 Å². The van der Waals surface area contributed by atoms with Crippen LogP contribution in [0.5, 0.6) is 0 Å². The van der Waals surface area contributed by atoms with Gasteiger partial charge in [-0.05, 0) is 12.0 Å². The van der Waals surface area contributed by atoms with Crippen LogP contribution in [0.25, 0.3) is 0 Å². The van der Waals surface area contributed by atoms with E-state index in [1.54, 1.807) is 6.92 Å². The summed E-state index contributed by atoms with van der Waals surface area (Å²) in [4.78, 5) is 22.5. The summed E-state index contributed by atoms with van der Waals surface area (Å²) in [7, 11) is 0. The molecular formula is C13H19N3O2. The summed E-state index contributed by atoms with van der Waals surface area (Å²) in [5, 5.41) is 5.58. The van der Waals surface area contributed by atoms with Crippen LogP contribution in [0.4, 0.5) is 0 Å². The molecule has 0 heterocycles. The number of nitrogens with two attached hydrogens (primary N) is 1. The molecular weight excluding hydrogens is 230 g/mol. The molecule has 1 rings (SSSR count). The monoisotopic (exact) mass is 249 g/mol. The van der Waals surface area contributed by atoms with Crippen LogP contribution in [0.2, 0.25) is 0 Å². The zero-order valence-corrected chi connectivity index (χ0v) is 10.5. The Balaban J connectivity index is 2.27. The molecule has 0 fully saturated rings. The average Bonchev–Trinajstić information content (AvgIpc) is 2.37. The molecule has 0 saturated carbocycles. The highest BCUT2D eigenvalue weighted by Crippen LogP contribution is 1.96. The lowest BCUT2D eigenvalue weighted by molar-refractivity contribution is -0.126. The van der Waals surface area contributed by atoms with Gasteiger partial charge in [0.15, 0.2) is 0 Å². The Morgan fingerprint density at radius 2 is 1.94 bits per heavy atom. The minimum absolute atomic E-state index is 0.165. The van der Waals surface area contributed by atoms with Gasteiger partial charge in [0, 0.05) is 6.54 Å². The molecule has 0 aliphatic heterocycles. The van der Waals surface area contributed by atoms with Gasteiger partial charge < -0.3 is 16.4 Å². The molecule has 98 valence electrons. The van der Waals surface area contributed by atoms with Crippen LogP contribution in [0.3, 0.4) is 0 Å². The quantitative estimate of drug-likeness (QED) is 0.643. The van der Waals surface area contributed by atoms with Gasteiger partial charge in [-0.3, -0.25) is 9.59 Å².